The van der Waals surface area contributed by atoms with Crippen molar-refractivity contribution in [2.24, 2.45) is 0 Å². The Kier molecular flexibility index (Phi) is 3.62. The summed E-state index contributed by atoms with van der Waals surface area (Å²) in [6.07, 6.45) is 1.83. The first kappa shape index (κ1) is 13.4. The summed E-state index contributed by atoms with van der Waals surface area (Å²) < 4.78 is 26.6. The maximum atomic E-state index is 13.5. The zero-order chi connectivity index (χ0) is 14.1. The minimum atomic E-state index is -0.816. The predicted molar refractivity (Wildman–Crippen MR) is 77.2 cm³/mol. The first-order valence-corrected chi connectivity index (χ1v) is 6.97. The van der Waals surface area contributed by atoms with Gasteiger partial charge >= 0.3 is 0 Å². The standard InChI is InChI=1S/C16H14ClF2N/c17-12-6-4-10(5-7-12)11-8-13(9-11)20-15-3-1-2-14(18)16(15)19/h1-7,11,13,20H,8-9H2. The lowest BCUT2D eigenvalue weighted by atomic mass is 9.76. The van der Waals surface area contributed by atoms with Gasteiger partial charge in [-0.1, -0.05) is 29.8 Å². The molecule has 1 fully saturated rings. The lowest BCUT2D eigenvalue weighted by Gasteiger charge is -2.37. The highest BCUT2D eigenvalue weighted by molar-refractivity contribution is 6.30. The summed E-state index contributed by atoms with van der Waals surface area (Å²) in [6, 6.07) is 12.2. The highest BCUT2D eigenvalue weighted by Crippen LogP contribution is 2.39. The van der Waals surface area contributed by atoms with Gasteiger partial charge in [0.2, 0.25) is 0 Å². The molecule has 0 amide bonds. The maximum Gasteiger partial charge on any atom is 0.181 e. The van der Waals surface area contributed by atoms with E-state index in [2.05, 4.69) is 5.32 Å². The van der Waals surface area contributed by atoms with Gasteiger partial charge in [0.25, 0.3) is 0 Å². The normalized spacial score (nSPS) is 21.4. The van der Waals surface area contributed by atoms with Gasteiger partial charge in [0.1, 0.15) is 0 Å². The molecule has 1 aliphatic rings. The van der Waals surface area contributed by atoms with Crippen molar-refractivity contribution in [2.75, 3.05) is 5.32 Å². The van der Waals surface area contributed by atoms with Crippen LogP contribution in [-0.4, -0.2) is 6.04 Å². The third kappa shape index (κ3) is 2.63. The van der Waals surface area contributed by atoms with Crippen LogP contribution in [0.15, 0.2) is 42.5 Å². The van der Waals surface area contributed by atoms with Crippen molar-refractivity contribution in [1.29, 1.82) is 0 Å². The third-order valence-corrected chi connectivity index (χ3v) is 4.04. The van der Waals surface area contributed by atoms with Crippen LogP contribution in [0.2, 0.25) is 5.02 Å². The summed E-state index contributed by atoms with van der Waals surface area (Å²) >= 11 is 5.86. The third-order valence-electron chi connectivity index (χ3n) is 3.79. The van der Waals surface area contributed by atoms with E-state index >= 15 is 0 Å². The van der Waals surface area contributed by atoms with E-state index in [1.54, 1.807) is 6.07 Å². The van der Waals surface area contributed by atoms with Crippen LogP contribution in [0.3, 0.4) is 0 Å². The van der Waals surface area contributed by atoms with Crippen LogP contribution < -0.4 is 5.32 Å². The molecule has 4 heteroatoms. The molecule has 2 aromatic rings. The van der Waals surface area contributed by atoms with Gasteiger partial charge in [0, 0.05) is 11.1 Å². The average molecular weight is 294 g/mol. The quantitative estimate of drug-likeness (QED) is 0.842. The Morgan fingerprint density at radius 3 is 2.40 bits per heavy atom. The number of hydrogen-bond acceptors (Lipinski definition) is 1. The molecule has 1 aliphatic carbocycles. The molecule has 1 nitrogen and oxygen atoms in total. The molecule has 104 valence electrons. The van der Waals surface area contributed by atoms with E-state index in [9.17, 15) is 8.78 Å². The van der Waals surface area contributed by atoms with Crippen LogP contribution in [0.1, 0.15) is 24.3 Å². The molecular weight excluding hydrogens is 280 g/mol. The Hall–Kier alpha value is -1.61. The molecule has 20 heavy (non-hydrogen) atoms. The average Bonchev–Trinajstić information content (AvgIpc) is 2.39. The van der Waals surface area contributed by atoms with E-state index in [1.165, 1.54) is 11.6 Å². The minimum Gasteiger partial charge on any atom is -0.380 e. The second-order valence-electron chi connectivity index (χ2n) is 5.16. The number of halogens is 3. The van der Waals surface area contributed by atoms with Crippen molar-refractivity contribution in [2.45, 2.75) is 24.8 Å². The van der Waals surface area contributed by atoms with E-state index < -0.39 is 11.6 Å². The van der Waals surface area contributed by atoms with E-state index in [4.69, 9.17) is 11.6 Å². The molecule has 0 saturated heterocycles. The molecule has 0 aromatic heterocycles. The minimum absolute atomic E-state index is 0.187. The number of benzene rings is 2. The van der Waals surface area contributed by atoms with Gasteiger partial charge in [-0.15, -0.1) is 0 Å². The first-order valence-electron chi connectivity index (χ1n) is 6.59. The molecule has 0 heterocycles. The van der Waals surface area contributed by atoms with Crippen LogP contribution in [0.5, 0.6) is 0 Å². The van der Waals surface area contributed by atoms with Gasteiger partial charge < -0.3 is 5.32 Å². The van der Waals surface area contributed by atoms with Crippen LogP contribution >= 0.6 is 11.6 Å². The van der Waals surface area contributed by atoms with Crippen molar-refractivity contribution < 1.29 is 8.78 Å². The molecular formula is C16H14ClF2N. The van der Waals surface area contributed by atoms with Crippen molar-refractivity contribution >= 4 is 17.3 Å². The molecule has 0 aliphatic heterocycles. The van der Waals surface area contributed by atoms with Gasteiger partial charge in [-0.05, 0) is 48.6 Å². The van der Waals surface area contributed by atoms with E-state index in [0.717, 1.165) is 23.9 Å². The molecule has 0 atom stereocenters. The van der Waals surface area contributed by atoms with Crippen LogP contribution in [-0.2, 0) is 0 Å². The van der Waals surface area contributed by atoms with E-state index in [-0.39, 0.29) is 11.7 Å². The smallest absolute Gasteiger partial charge is 0.181 e. The summed E-state index contributed by atoms with van der Waals surface area (Å²) in [5.41, 5.74) is 1.48. The highest BCUT2D eigenvalue weighted by atomic mass is 35.5. The summed E-state index contributed by atoms with van der Waals surface area (Å²) in [6.45, 7) is 0. The van der Waals surface area contributed by atoms with E-state index in [1.807, 2.05) is 24.3 Å². The summed E-state index contributed by atoms with van der Waals surface area (Å²) in [5, 5.41) is 3.78. The molecule has 0 bridgehead atoms. The number of hydrogen-bond donors (Lipinski definition) is 1. The predicted octanol–water partition coefficient (Wildman–Crippen LogP) is 4.98. The van der Waals surface area contributed by atoms with Gasteiger partial charge in [-0.3, -0.25) is 0 Å². The van der Waals surface area contributed by atoms with Crippen LogP contribution in [0.25, 0.3) is 0 Å². The maximum absolute atomic E-state index is 13.5. The fourth-order valence-electron chi connectivity index (χ4n) is 2.58. The van der Waals surface area contributed by atoms with Crippen molar-refractivity contribution in [3.05, 3.63) is 64.7 Å². The lowest BCUT2D eigenvalue weighted by Crippen LogP contribution is -2.34. The molecule has 0 unspecified atom stereocenters. The highest BCUT2D eigenvalue weighted by Gasteiger charge is 2.30. The SMILES string of the molecule is Fc1cccc(NC2CC(c3ccc(Cl)cc3)C2)c1F. The van der Waals surface area contributed by atoms with Crippen molar-refractivity contribution in [3.63, 3.8) is 0 Å². The second-order valence-corrected chi connectivity index (χ2v) is 5.60. The number of nitrogens with one attached hydrogen (secondary N) is 1. The fraction of sp³-hybridized carbons (Fsp3) is 0.250. The summed E-state index contributed by atoms with van der Waals surface area (Å²) in [5.74, 6) is -1.16. The van der Waals surface area contributed by atoms with Crippen molar-refractivity contribution in [3.8, 4) is 0 Å². The largest absolute Gasteiger partial charge is 0.380 e. The van der Waals surface area contributed by atoms with E-state index in [0.29, 0.717) is 5.92 Å². The molecule has 1 N–H and O–H groups in total. The van der Waals surface area contributed by atoms with Gasteiger partial charge in [0.15, 0.2) is 11.6 Å². The zero-order valence-electron chi connectivity index (χ0n) is 10.7. The molecule has 0 radical (unpaired) electrons. The number of anilines is 1. The Morgan fingerprint density at radius 2 is 1.70 bits per heavy atom. The molecule has 3 rings (SSSR count). The summed E-state index contributed by atoms with van der Waals surface area (Å²) in [7, 11) is 0. The lowest BCUT2D eigenvalue weighted by molar-refractivity contribution is 0.372. The molecule has 1 saturated carbocycles. The Bertz CT molecular complexity index is 606. The fourth-order valence-corrected chi connectivity index (χ4v) is 2.70. The van der Waals surface area contributed by atoms with Crippen molar-refractivity contribution in [1.82, 2.24) is 0 Å². The monoisotopic (exact) mass is 293 g/mol. The summed E-state index contributed by atoms with van der Waals surface area (Å²) in [4.78, 5) is 0. The Labute approximate surface area is 121 Å². The molecule has 0 spiro atoms. The van der Waals surface area contributed by atoms with Gasteiger partial charge in [-0.2, -0.15) is 0 Å². The number of rotatable bonds is 3. The first-order chi connectivity index (χ1) is 9.63. The Balaban J connectivity index is 1.61. The van der Waals surface area contributed by atoms with Crippen LogP contribution in [0, 0.1) is 11.6 Å². The molecule has 2 aromatic carbocycles. The van der Waals surface area contributed by atoms with Crippen LogP contribution in [0.4, 0.5) is 14.5 Å². The van der Waals surface area contributed by atoms with Gasteiger partial charge in [-0.25, -0.2) is 8.78 Å². The second kappa shape index (κ2) is 5.41. The Morgan fingerprint density at radius 1 is 1.00 bits per heavy atom. The van der Waals surface area contributed by atoms with Gasteiger partial charge in [0.05, 0.1) is 5.69 Å². The zero-order valence-corrected chi connectivity index (χ0v) is 11.5. The topological polar surface area (TPSA) is 12.0 Å².